The van der Waals surface area contributed by atoms with E-state index in [9.17, 15) is 29.7 Å². The van der Waals surface area contributed by atoms with Crippen molar-refractivity contribution in [1.82, 2.24) is 0 Å². The van der Waals surface area contributed by atoms with Gasteiger partial charge in [0, 0.05) is 16.3 Å². The zero-order chi connectivity index (χ0) is 22.2. The Morgan fingerprint density at radius 3 is 2.33 bits per heavy atom. The molecule has 0 aliphatic heterocycles. The molecule has 4 rings (SSSR count). The van der Waals surface area contributed by atoms with E-state index >= 15 is 0 Å². The minimum absolute atomic E-state index is 0.0424. The number of rotatable bonds is 1. The number of carbonyl (C=O) groups excluding carboxylic acids is 3. The van der Waals surface area contributed by atoms with E-state index < -0.39 is 52.3 Å². The first-order chi connectivity index (χ1) is 14.0. The number of benzene rings is 2. The number of halogens is 1. The Morgan fingerprint density at radius 1 is 1.10 bits per heavy atom. The van der Waals surface area contributed by atoms with Crippen molar-refractivity contribution in [2.45, 2.75) is 33.2 Å². The predicted octanol–water partition coefficient (Wildman–Crippen LogP) is 2.80. The Morgan fingerprint density at radius 2 is 1.73 bits per heavy atom. The second kappa shape index (κ2) is 6.55. The third kappa shape index (κ3) is 2.45. The highest BCUT2D eigenvalue weighted by Gasteiger charge is 2.51. The molecule has 0 fully saturated rings. The molecule has 2 aliphatic rings. The zero-order valence-corrected chi connectivity index (χ0v) is 17.3. The summed E-state index contributed by atoms with van der Waals surface area (Å²) in [5.41, 5.74) is 7.02. The number of nitrogens with two attached hydrogens (primary N) is 1. The maximum absolute atomic E-state index is 13.4. The van der Waals surface area contributed by atoms with Gasteiger partial charge in [-0.3, -0.25) is 14.4 Å². The van der Waals surface area contributed by atoms with Crippen molar-refractivity contribution in [1.29, 1.82) is 0 Å². The first kappa shape index (κ1) is 20.4. The SMILES string of the molecule is CC(=O)C1=C(O)[C@H](N)C2Cc3c(c(O)c4c(O)c(C)cc(Cl)c4c3C)C(=O)C2C1=O. The van der Waals surface area contributed by atoms with E-state index in [1.807, 2.05) is 0 Å². The molecule has 0 saturated carbocycles. The van der Waals surface area contributed by atoms with Crippen LogP contribution in [-0.4, -0.2) is 38.7 Å². The molecule has 2 aliphatic carbocycles. The average molecular weight is 430 g/mol. The van der Waals surface area contributed by atoms with Gasteiger partial charge in [-0.1, -0.05) is 11.6 Å². The van der Waals surface area contributed by atoms with E-state index in [1.54, 1.807) is 19.9 Å². The van der Waals surface area contributed by atoms with Crippen molar-refractivity contribution in [2.75, 3.05) is 0 Å². The first-order valence-electron chi connectivity index (χ1n) is 9.43. The Balaban J connectivity index is 2.05. The monoisotopic (exact) mass is 429 g/mol. The number of phenolic OH excluding ortho intramolecular Hbond substituents is 2. The van der Waals surface area contributed by atoms with Crippen molar-refractivity contribution in [3.63, 3.8) is 0 Å². The van der Waals surface area contributed by atoms with Gasteiger partial charge < -0.3 is 21.1 Å². The second-order valence-electron chi connectivity index (χ2n) is 8.02. The topological polar surface area (TPSA) is 138 Å². The standard InChI is InChI=1S/C22H20ClNO6/c1-6-4-11(23)12-7(2)9-5-10-15(19(27)13(8(3)25)22(30)17(10)24)20(28)14(9)21(29)16(12)18(6)26/h4,10,15,17,26,29-30H,5,24H2,1-3H3/t10?,15?,17-/m1/s1. The lowest BCUT2D eigenvalue weighted by molar-refractivity contribution is -0.124. The van der Waals surface area contributed by atoms with Crippen LogP contribution in [0, 0.1) is 25.7 Å². The molecule has 7 nitrogen and oxygen atoms in total. The lowest BCUT2D eigenvalue weighted by Crippen LogP contribution is -2.52. The fourth-order valence-corrected chi connectivity index (χ4v) is 5.25. The molecule has 2 aromatic rings. The maximum Gasteiger partial charge on any atom is 0.181 e. The number of fused-ring (bicyclic) bond motifs is 3. The largest absolute Gasteiger partial charge is 0.510 e. The van der Waals surface area contributed by atoms with Crippen LogP contribution in [0.1, 0.15) is 34.0 Å². The molecule has 0 heterocycles. The van der Waals surface area contributed by atoms with Crippen molar-refractivity contribution >= 4 is 39.7 Å². The van der Waals surface area contributed by atoms with Crippen LogP contribution in [0.2, 0.25) is 5.02 Å². The quantitative estimate of drug-likeness (QED) is 0.404. The Labute approximate surface area is 176 Å². The fourth-order valence-electron chi connectivity index (χ4n) is 4.85. The van der Waals surface area contributed by atoms with Crippen LogP contribution in [0.3, 0.4) is 0 Å². The third-order valence-corrected chi connectivity index (χ3v) is 6.65. The predicted molar refractivity (Wildman–Crippen MR) is 110 cm³/mol. The first-order valence-corrected chi connectivity index (χ1v) is 9.81. The van der Waals surface area contributed by atoms with E-state index in [2.05, 4.69) is 0 Å². The highest BCUT2D eigenvalue weighted by Crippen LogP contribution is 2.49. The van der Waals surface area contributed by atoms with Crippen molar-refractivity contribution in [2.24, 2.45) is 17.6 Å². The lowest BCUT2D eigenvalue weighted by Gasteiger charge is -2.39. The van der Waals surface area contributed by atoms with Gasteiger partial charge in [0.2, 0.25) is 0 Å². The number of hydrogen-bond acceptors (Lipinski definition) is 7. The molecule has 8 heteroatoms. The molecule has 2 unspecified atom stereocenters. The van der Waals surface area contributed by atoms with Crippen LogP contribution >= 0.6 is 11.6 Å². The van der Waals surface area contributed by atoms with Gasteiger partial charge in [0.05, 0.1) is 22.9 Å². The van der Waals surface area contributed by atoms with E-state index in [4.69, 9.17) is 17.3 Å². The van der Waals surface area contributed by atoms with E-state index in [1.165, 1.54) is 0 Å². The highest BCUT2D eigenvalue weighted by molar-refractivity contribution is 6.37. The molecule has 0 bridgehead atoms. The summed E-state index contributed by atoms with van der Waals surface area (Å²) >= 11 is 6.39. The molecule has 0 spiro atoms. The summed E-state index contributed by atoms with van der Waals surface area (Å²) in [4.78, 5) is 38.3. The smallest absolute Gasteiger partial charge is 0.181 e. The van der Waals surface area contributed by atoms with Gasteiger partial charge in [0.25, 0.3) is 0 Å². The molecule has 0 aromatic heterocycles. The maximum atomic E-state index is 13.4. The van der Waals surface area contributed by atoms with Crippen LogP contribution in [-0.2, 0) is 16.0 Å². The van der Waals surface area contributed by atoms with E-state index in [0.29, 0.717) is 27.1 Å². The number of aliphatic hydroxyl groups is 1. The van der Waals surface area contributed by atoms with Gasteiger partial charge in [0.1, 0.15) is 22.8 Å². The lowest BCUT2D eigenvalue weighted by atomic mass is 9.64. The summed E-state index contributed by atoms with van der Waals surface area (Å²) in [5, 5.41) is 32.6. The van der Waals surface area contributed by atoms with Crippen LogP contribution in [0.4, 0.5) is 0 Å². The normalized spacial score (nSPS) is 23.6. The molecule has 0 radical (unpaired) electrons. The van der Waals surface area contributed by atoms with Gasteiger partial charge in [-0.15, -0.1) is 0 Å². The number of hydrogen-bond donors (Lipinski definition) is 4. The molecule has 2 aromatic carbocycles. The summed E-state index contributed by atoms with van der Waals surface area (Å²) in [6, 6.07) is 0.484. The molecule has 30 heavy (non-hydrogen) atoms. The second-order valence-corrected chi connectivity index (χ2v) is 8.42. The minimum Gasteiger partial charge on any atom is -0.510 e. The van der Waals surface area contributed by atoms with Gasteiger partial charge in [-0.05, 0) is 49.9 Å². The van der Waals surface area contributed by atoms with Crippen molar-refractivity contribution in [3.8, 4) is 11.5 Å². The van der Waals surface area contributed by atoms with Crippen LogP contribution in [0.5, 0.6) is 11.5 Å². The summed E-state index contributed by atoms with van der Waals surface area (Å²) in [6.45, 7) is 4.44. The Bertz CT molecular complexity index is 1230. The number of ketones is 3. The zero-order valence-electron chi connectivity index (χ0n) is 16.5. The van der Waals surface area contributed by atoms with Crippen molar-refractivity contribution < 1.29 is 29.7 Å². The number of aliphatic hydroxyl groups excluding tert-OH is 1. The minimum atomic E-state index is -1.30. The summed E-state index contributed by atoms with van der Waals surface area (Å²) in [6.07, 6.45) is 0.119. The van der Waals surface area contributed by atoms with Crippen LogP contribution in [0.25, 0.3) is 10.8 Å². The molecular formula is C22H20ClNO6. The van der Waals surface area contributed by atoms with Crippen LogP contribution in [0.15, 0.2) is 17.4 Å². The number of Topliss-reactive ketones (excluding diaryl/α,β-unsaturated/α-hetero) is 3. The number of allylic oxidation sites excluding steroid dienone is 1. The molecule has 0 saturated heterocycles. The van der Waals surface area contributed by atoms with Gasteiger partial charge in [-0.25, -0.2) is 0 Å². The third-order valence-electron chi connectivity index (χ3n) is 6.36. The van der Waals surface area contributed by atoms with Gasteiger partial charge >= 0.3 is 0 Å². The molecule has 5 N–H and O–H groups in total. The van der Waals surface area contributed by atoms with Crippen molar-refractivity contribution in [3.05, 3.63) is 44.7 Å². The van der Waals surface area contributed by atoms with Gasteiger partial charge in [-0.2, -0.15) is 0 Å². The number of carbonyl (C=O) groups is 3. The summed E-state index contributed by atoms with van der Waals surface area (Å²) in [7, 11) is 0. The highest BCUT2D eigenvalue weighted by atomic mass is 35.5. The Kier molecular flexibility index (Phi) is 4.45. The molecule has 0 amide bonds. The number of phenols is 2. The number of aryl methyl sites for hydroxylation is 2. The van der Waals surface area contributed by atoms with Gasteiger partial charge in [0.15, 0.2) is 17.3 Å². The molecule has 3 atom stereocenters. The van der Waals surface area contributed by atoms with Crippen LogP contribution < -0.4 is 5.73 Å². The number of aromatic hydroxyl groups is 2. The summed E-state index contributed by atoms with van der Waals surface area (Å²) < 4.78 is 0. The Hall–Kier alpha value is -2.90. The summed E-state index contributed by atoms with van der Waals surface area (Å²) in [5.74, 6) is -5.41. The van der Waals surface area contributed by atoms with E-state index in [0.717, 1.165) is 6.92 Å². The average Bonchev–Trinajstić information content (AvgIpc) is 2.66. The molecular weight excluding hydrogens is 410 g/mol. The molecule has 156 valence electrons. The van der Waals surface area contributed by atoms with E-state index in [-0.39, 0.29) is 23.1 Å². The fraction of sp³-hybridized carbons (Fsp3) is 0.318.